The van der Waals surface area contributed by atoms with Crippen LogP contribution in [0.3, 0.4) is 0 Å². The zero-order valence-corrected chi connectivity index (χ0v) is 17.0. The number of hydrogen-bond donors (Lipinski definition) is 2. The number of sulfonamides is 1. The van der Waals surface area contributed by atoms with Crippen molar-refractivity contribution in [3.8, 4) is 0 Å². The summed E-state index contributed by atoms with van der Waals surface area (Å²) in [7, 11) is -4.17. The maximum Gasteiger partial charge on any atom is 0.316 e. The van der Waals surface area contributed by atoms with Gasteiger partial charge in [0, 0.05) is 6.20 Å². The van der Waals surface area contributed by atoms with Gasteiger partial charge in [-0.15, -0.1) is 0 Å². The zero-order valence-electron chi connectivity index (χ0n) is 16.2. The number of nitrogens with one attached hydrogen (secondary N) is 1. The molecule has 1 heterocycles. The minimum atomic E-state index is -4.17. The van der Waals surface area contributed by atoms with Crippen molar-refractivity contribution in [2.75, 3.05) is 0 Å². The summed E-state index contributed by atoms with van der Waals surface area (Å²) in [5.74, 6) is -4.08. The highest BCUT2D eigenvalue weighted by Crippen LogP contribution is 2.14. The third-order valence-electron chi connectivity index (χ3n) is 4.49. The van der Waals surface area contributed by atoms with Crippen molar-refractivity contribution in [3.63, 3.8) is 0 Å². The predicted octanol–water partition coefficient (Wildman–Crippen LogP) is 1.99. The number of carbonyl (C=O) groups is 2. The highest BCUT2D eigenvalue weighted by molar-refractivity contribution is 7.90. The predicted molar refractivity (Wildman–Crippen MR) is 109 cm³/mol. The molecule has 0 aliphatic carbocycles. The molecule has 0 fully saturated rings. The van der Waals surface area contributed by atoms with Gasteiger partial charge < -0.3 is 5.11 Å². The van der Waals surface area contributed by atoms with Gasteiger partial charge in [-0.1, -0.05) is 48.0 Å². The van der Waals surface area contributed by atoms with Crippen LogP contribution in [0.1, 0.15) is 16.7 Å². The Morgan fingerprint density at radius 2 is 1.73 bits per heavy atom. The number of carboxylic acid groups (broad SMARTS) is 1. The summed E-state index contributed by atoms with van der Waals surface area (Å²) in [4.78, 5) is 24.0. The fraction of sp³-hybridized carbons (Fsp3) is 0.190. The van der Waals surface area contributed by atoms with Crippen molar-refractivity contribution >= 4 is 21.9 Å². The van der Waals surface area contributed by atoms with Crippen LogP contribution in [0, 0.1) is 12.8 Å². The Kier molecular flexibility index (Phi) is 6.31. The topological polar surface area (TPSA) is 118 Å². The first-order chi connectivity index (χ1) is 14.2. The maximum atomic E-state index is 12.4. The first-order valence-electron chi connectivity index (χ1n) is 9.16. The molecule has 0 saturated carbocycles. The Hall–Kier alpha value is -3.46. The molecule has 30 heavy (non-hydrogen) atoms. The van der Waals surface area contributed by atoms with Gasteiger partial charge in [0.05, 0.1) is 17.6 Å². The maximum absolute atomic E-state index is 12.4. The molecule has 0 saturated heterocycles. The van der Waals surface area contributed by atoms with E-state index in [1.165, 1.54) is 18.3 Å². The summed E-state index contributed by atoms with van der Waals surface area (Å²) >= 11 is 0. The van der Waals surface area contributed by atoms with Crippen molar-refractivity contribution in [2.24, 2.45) is 5.92 Å². The lowest BCUT2D eigenvalue weighted by atomic mass is 10.0. The van der Waals surface area contributed by atoms with Gasteiger partial charge in [0.1, 0.15) is 5.92 Å². The molecule has 1 unspecified atom stereocenters. The number of carbonyl (C=O) groups excluding carboxylic acids is 1. The molecule has 1 aromatic heterocycles. The van der Waals surface area contributed by atoms with Gasteiger partial charge in [0.25, 0.3) is 10.0 Å². The standard InChI is InChI=1S/C21H21N3O5S/c1-15-7-9-18(10-8-15)30(28,29)23-20(25)19(21(26)27)11-17-12-22-24(14-17)13-16-5-3-2-4-6-16/h2-10,12,14,19H,11,13H2,1H3,(H,23,25)(H,26,27). The average Bonchev–Trinajstić information content (AvgIpc) is 3.13. The molecule has 0 aliphatic heterocycles. The molecule has 0 spiro atoms. The summed E-state index contributed by atoms with van der Waals surface area (Å²) in [6.45, 7) is 2.29. The molecule has 2 N–H and O–H groups in total. The van der Waals surface area contributed by atoms with E-state index in [4.69, 9.17) is 0 Å². The molecule has 1 amide bonds. The lowest BCUT2D eigenvalue weighted by molar-refractivity contribution is -0.146. The Morgan fingerprint density at radius 1 is 1.07 bits per heavy atom. The van der Waals surface area contributed by atoms with Crippen molar-refractivity contribution in [3.05, 3.63) is 83.7 Å². The van der Waals surface area contributed by atoms with Crippen molar-refractivity contribution < 1.29 is 23.1 Å². The van der Waals surface area contributed by atoms with Gasteiger partial charge in [0.2, 0.25) is 5.91 Å². The van der Waals surface area contributed by atoms with Crippen molar-refractivity contribution in [2.45, 2.75) is 24.8 Å². The van der Waals surface area contributed by atoms with Crippen molar-refractivity contribution in [1.82, 2.24) is 14.5 Å². The second-order valence-corrected chi connectivity index (χ2v) is 8.59. The second-order valence-electron chi connectivity index (χ2n) is 6.91. The Morgan fingerprint density at radius 3 is 2.37 bits per heavy atom. The van der Waals surface area contributed by atoms with Gasteiger partial charge in [-0.25, -0.2) is 13.1 Å². The van der Waals surface area contributed by atoms with Gasteiger partial charge >= 0.3 is 5.97 Å². The molecular formula is C21H21N3O5S. The summed E-state index contributed by atoms with van der Waals surface area (Å²) in [5, 5.41) is 13.7. The van der Waals surface area contributed by atoms with E-state index < -0.39 is 27.8 Å². The number of amides is 1. The quantitative estimate of drug-likeness (QED) is 0.531. The molecule has 1 atom stereocenters. The van der Waals surface area contributed by atoms with Crippen LogP contribution in [-0.2, 0) is 32.6 Å². The molecule has 0 aliphatic rings. The van der Waals surface area contributed by atoms with Crippen LogP contribution in [0.25, 0.3) is 0 Å². The molecule has 0 bridgehead atoms. The second kappa shape index (κ2) is 8.91. The van der Waals surface area contributed by atoms with Crippen LogP contribution >= 0.6 is 0 Å². The molecule has 2 aromatic carbocycles. The van der Waals surface area contributed by atoms with E-state index >= 15 is 0 Å². The molecular weight excluding hydrogens is 406 g/mol. The van der Waals surface area contributed by atoms with E-state index in [9.17, 15) is 23.1 Å². The monoisotopic (exact) mass is 427 g/mol. The summed E-state index contributed by atoms with van der Waals surface area (Å²) in [5.41, 5.74) is 2.39. The molecule has 3 rings (SSSR count). The Balaban J connectivity index is 1.70. The van der Waals surface area contributed by atoms with Crippen LogP contribution in [-0.4, -0.2) is 35.2 Å². The molecule has 156 valence electrons. The normalized spacial score (nSPS) is 12.3. The fourth-order valence-electron chi connectivity index (χ4n) is 2.88. The van der Waals surface area contributed by atoms with Gasteiger partial charge in [0.15, 0.2) is 0 Å². The van der Waals surface area contributed by atoms with Crippen LogP contribution in [0.5, 0.6) is 0 Å². The Bertz CT molecular complexity index is 1140. The summed E-state index contributed by atoms with van der Waals surface area (Å²) in [6, 6.07) is 15.5. The third kappa shape index (κ3) is 5.32. The number of benzene rings is 2. The fourth-order valence-corrected chi connectivity index (χ4v) is 3.90. The Labute approximate surface area is 174 Å². The highest BCUT2D eigenvalue weighted by Gasteiger charge is 2.30. The first kappa shape index (κ1) is 21.3. The molecule has 8 nitrogen and oxygen atoms in total. The van der Waals surface area contributed by atoms with E-state index in [-0.39, 0.29) is 11.3 Å². The number of hydrogen-bond acceptors (Lipinski definition) is 5. The van der Waals surface area contributed by atoms with Crippen LogP contribution in [0.15, 0.2) is 71.9 Å². The van der Waals surface area contributed by atoms with Gasteiger partial charge in [-0.2, -0.15) is 5.10 Å². The minimum absolute atomic E-state index is 0.110. The number of nitrogens with zero attached hydrogens (tertiary/aromatic N) is 2. The third-order valence-corrected chi connectivity index (χ3v) is 5.86. The summed E-state index contributed by atoms with van der Waals surface area (Å²) in [6.07, 6.45) is 2.94. The van der Waals surface area contributed by atoms with Gasteiger partial charge in [-0.05, 0) is 36.6 Å². The van der Waals surface area contributed by atoms with Gasteiger partial charge in [-0.3, -0.25) is 14.3 Å². The van der Waals surface area contributed by atoms with Crippen molar-refractivity contribution in [1.29, 1.82) is 0 Å². The highest BCUT2D eigenvalue weighted by atomic mass is 32.2. The smallest absolute Gasteiger partial charge is 0.316 e. The zero-order chi connectivity index (χ0) is 21.7. The van der Waals surface area contributed by atoms with E-state index in [1.807, 2.05) is 35.1 Å². The number of aromatic nitrogens is 2. The van der Waals surface area contributed by atoms with E-state index in [0.29, 0.717) is 12.1 Å². The first-order valence-corrected chi connectivity index (χ1v) is 10.6. The lowest BCUT2D eigenvalue weighted by Crippen LogP contribution is -2.40. The van der Waals surface area contributed by atoms with Crippen LogP contribution < -0.4 is 4.72 Å². The van der Waals surface area contributed by atoms with E-state index in [2.05, 4.69) is 5.10 Å². The number of rotatable bonds is 8. The number of aryl methyl sites for hydroxylation is 1. The molecule has 0 radical (unpaired) electrons. The lowest BCUT2D eigenvalue weighted by Gasteiger charge is -2.12. The van der Waals surface area contributed by atoms with Crippen LogP contribution in [0.2, 0.25) is 0 Å². The number of aliphatic carboxylic acids is 1. The molecule has 9 heteroatoms. The minimum Gasteiger partial charge on any atom is -0.481 e. The molecule has 3 aromatic rings. The van der Waals surface area contributed by atoms with E-state index in [0.717, 1.165) is 11.1 Å². The largest absolute Gasteiger partial charge is 0.481 e. The SMILES string of the molecule is Cc1ccc(S(=O)(=O)NC(=O)C(Cc2cnn(Cc3ccccc3)c2)C(=O)O)cc1. The van der Waals surface area contributed by atoms with E-state index in [1.54, 1.807) is 29.9 Å². The van der Waals surface area contributed by atoms with Crippen LogP contribution in [0.4, 0.5) is 0 Å². The number of carboxylic acids is 1. The average molecular weight is 427 g/mol. The summed E-state index contributed by atoms with van der Waals surface area (Å²) < 4.78 is 28.3.